The van der Waals surface area contributed by atoms with Gasteiger partial charge >= 0.3 is 0 Å². The van der Waals surface area contributed by atoms with Gasteiger partial charge in [0.15, 0.2) is 0 Å². The quantitative estimate of drug-likeness (QED) is 0.702. The highest BCUT2D eigenvalue weighted by molar-refractivity contribution is 6.05. The Morgan fingerprint density at radius 3 is 2.47 bits per heavy atom. The first-order valence-corrected chi connectivity index (χ1v) is 4.99. The molecule has 0 aromatic heterocycles. The number of rotatable bonds is 3. The lowest BCUT2D eigenvalue weighted by molar-refractivity contribution is 1.23. The van der Waals surface area contributed by atoms with E-state index in [-0.39, 0.29) is 0 Å². The molecule has 1 aliphatic rings. The van der Waals surface area contributed by atoms with Crippen LogP contribution in [0.4, 0.5) is 0 Å². The van der Waals surface area contributed by atoms with Gasteiger partial charge in [0.2, 0.25) is 0 Å². The topological polar surface area (TPSA) is 38.4 Å². The summed E-state index contributed by atoms with van der Waals surface area (Å²) in [5.74, 6) is 0. The molecule has 1 aliphatic carbocycles. The second-order valence-corrected chi connectivity index (χ2v) is 3.93. The van der Waals surface area contributed by atoms with E-state index >= 15 is 0 Å². The zero-order chi connectivity index (χ0) is 11.6. The minimum Gasteiger partial charge on any atom is -0.399 e. The fraction of sp³-hybridized carbons (Fsp3) is 0.308. The second kappa shape index (κ2) is 4.30. The van der Waals surface area contributed by atoms with Crippen LogP contribution in [0.25, 0.3) is 0 Å². The SMILES string of the molecule is C=C(C)N=C(C)C1=C(C)CC=C1C(=C)N. The summed E-state index contributed by atoms with van der Waals surface area (Å²) < 4.78 is 0. The Morgan fingerprint density at radius 1 is 1.40 bits per heavy atom. The zero-order valence-electron chi connectivity index (χ0n) is 9.72. The van der Waals surface area contributed by atoms with Crippen molar-refractivity contribution in [3.63, 3.8) is 0 Å². The van der Waals surface area contributed by atoms with Gasteiger partial charge < -0.3 is 5.73 Å². The molecule has 0 spiro atoms. The lowest BCUT2D eigenvalue weighted by Gasteiger charge is -2.09. The molecule has 15 heavy (non-hydrogen) atoms. The molecule has 0 radical (unpaired) electrons. The standard InChI is InChI=1S/C13H18N2/c1-8(2)15-11(5)13-9(3)6-7-12(13)10(4)14/h7H,1,4,6,14H2,2-3,5H3. The lowest BCUT2D eigenvalue weighted by Crippen LogP contribution is -2.07. The van der Waals surface area contributed by atoms with Gasteiger partial charge in [0.25, 0.3) is 0 Å². The van der Waals surface area contributed by atoms with Crippen molar-refractivity contribution in [1.29, 1.82) is 0 Å². The molecule has 2 heteroatoms. The number of nitrogens with two attached hydrogens (primary N) is 1. The monoisotopic (exact) mass is 202 g/mol. The summed E-state index contributed by atoms with van der Waals surface area (Å²) in [6, 6.07) is 0. The van der Waals surface area contributed by atoms with Crippen LogP contribution in [-0.4, -0.2) is 5.71 Å². The molecule has 0 aromatic carbocycles. The molecule has 0 fully saturated rings. The summed E-state index contributed by atoms with van der Waals surface area (Å²) in [5.41, 5.74) is 11.6. The minimum atomic E-state index is 0.609. The van der Waals surface area contributed by atoms with E-state index in [9.17, 15) is 0 Å². The van der Waals surface area contributed by atoms with Crippen molar-refractivity contribution < 1.29 is 0 Å². The molecule has 0 aliphatic heterocycles. The second-order valence-electron chi connectivity index (χ2n) is 3.93. The fourth-order valence-corrected chi connectivity index (χ4v) is 1.83. The number of aliphatic imine (C=N–C) groups is 1. The van der Waals surface area contributed by atoms with Gasteiger partial charge in [-0.25, -0.2) is 0 Å². The van der Waals surface area contributed by atoms with Crippen molar-refractivity contribution in [2.45, 2.75) is 27.2 Å². The first-order chi connectivity index (χ1) is 6.93. The van der Waals surface area contributed by atoms with Crippen molar-refractivity contribution in [3.8, 4) is 0 Å². The van der Waals surface area contributed by atoms with Crippen LogP contribution in [0.5, 0.6) is 0 Å². The molecule has 0 aromatic rings. The van der Waals surface area contributed by atoms with E-state index < -0.39 is 0 Å². The van der Waals surface area contributed by atoms with E-state index in [2.05, 4.69) is 31.2 Å². The first kappa shape index (κ1) is 11.5. The van der Waals surface area contributed by atoms with Gasteiger partial charge in [-0.1, -0.05) is 24.8 Å². The summed E-state index contributed by atoms with van der Waals surface area (Å²) in [7, 11) is 0. The molecule has 80 valence electrons. The summed E-state index contributed by atoms with van der Waals surface area (Å²) in [4.78, 5) is 4.37. The predicted molar refractivity (Wildman–Crippen MR) is 66.7 cm³/mol. The maximum absolute atomic E-state index is 5.74. The van der Waals surface area contributed by atoms with Gasteiger partial charge in [0, 0.05) is 28.3 Å². The Labute approximate surface area is 91.6 Å². The van der Waals surface area contributed by atoms with Crippen molar-refractivity contribution in [1.82, 2.24) is 0 Å². The molecular weight excluding hydrogens is 184 g/mol. The molecule has 0 saturated heterocycles. The Morgan fingerprint density at radius 2 is 2.00 bits per heavy atom. The molecule has 0 saturated carbocycles. The molecule has 1 rings (SSSR count). The maximum atomic E-state index is 5.74. The Bertz CT molecular complexity index is 406. The van der Waals surface area contributed by atoms with Crippen molar-refractivity contribution in [3.05, 3.63) is 47.3 Å². The minimum absolute atomic E-state index is 0.609. The molecule has 0 atom stereocenters. The fourth-order valence-electron chi connectivity index (χ4n) is 1.83. The summed E-state index contributed by atoms with van der Waals surface area (Å²) in [5, 5.41) is 0. The number of hydrogen-bond acceptors (Lipinski definition) is 2. The van der Waals surface area contributed by atoms with Crippen LogP contribution in [0.1, 0.15) is 27.2 Å². The molecule has 0 bridgehead atoms. The van der Waals surface area contributed by atoms with Gasteiger partial charge in [-0.15, -0.1) is 0 Å². The van der Waals surface area contributed by atoms with Crippen LogP contribution < -0.4 is 5.73 Å². The van der Waals surface area contributed by atoms with Crippen molar-refractivity contribution in [2.75, 3.05) is 0 Å². The van der Waals surface area contributed by atoms with Crippen LogP contribution in [-0.2, 0) is 0 Å². The van der Waals surface area contributed by atoms with E-state index in [1.165, 1.54) is 5.57 Å². The van der Waals surface area contributed by atoms with Crippen LogP contribution in [0, 0.1) is 0 Å². The highest BCUT2D eigenvalue weighted by Gasteiger charge is 2.18. The van der Waals surface area contributed by atoms with E-state index in [4.69, 9.17) is 5.73 Å². The molecule has 0 amide bonds. The smallest absolute Gasteiger partial charge is 0.0454 e. The average molecular weight is 202 g/mol. The Hall–Kier alpha value is -1.57. The summed E-state index contributed by atoms with van der Waals surface area (Å²) in [6.45, 7) is 13.5. The van der Waals surface area contributed by atoms with Crippen LogP contribution in [0.15, 0.2) is 52.3 Å². The van der Waals surface area contributed by atoms with E-state index in [1.807, 2.05) is 13.8 Å². The Balaban J connectivity index is 3.13. The number of hydrogen-bond donors (Lipinski definition) is 1. The lowest BCUT2D eigenvalue weighted by atomic mass is 10.0. The number of nitrogens with zero attached hydrogens (tertiary/aromatic N) is 1. The molecule has 2 N–H and O–H groups in total. The zero-order valence-corrected chi connectivity index (χ0v) is 9.72. The average Bonchev–Trinajstić information content (AvgIpc) is 2.45. The summed E-state index contributed by atoms with van der Waals surface area (Å²) in [6.07, 6.45) is 3.04. The van der Waals surface area contributed by atoms with Crippen LogP contribution in [0.3, 0.4) is 0 Å². The van der Waals surface area contributed by atoms with Crippen LogP contribution >= 0.6 is 0 Å². The first-order valence-electron chi connectivity index (χ1n) is 4.99. The van der Waals surface area contributed by atoms with Gasteiger partial charge in [-0.3, -0.25) is 4.99 Å². The van der Waals surface area contributed by atoms with E-state index in [0.717, 1.165) is 29.0 Å². The van der Waals surface area contributed by atoms with Crippen molar-refractivity contribution in [2.24, 2.45) is 10.7 Å². The van der Waals surface area contributed by atoms with E-state index in [0.29, 0.717) is 5.70 Å². The van der Waals surface area contributed by atoms with Gasteiger partial charge in [-0.2, -0.15) is 0 Å². The third-order valence-corrected chi connectivity index (χ3v) is 2.37. The summed E-state index contributed by atoms with van der Waals surface area (Å²) >= 11 is 0. The maximum Gasteiger partial charge on any atom is 0.0454 e. The normalized spacial score (nSPS) is 16.7. The third kappa shape index (κ3) is 2.46. The van der Waals surface area contributed by atoms with Gasteiger partial charge in [0.05, 0.1) is 0 Å². The van der Waals surface area contributed by atoms with Crippen LogP contribution in [0.2, 0.25) is 0 Å². The molecule has 0 unspecified atom stereocenters. The molecule has 0 heterocycles. The largest absolute Gasteiger partial charge is 0.399 e. The van der Waals surface area contributed by atoms with Gasteiger partial charge in [-0.05, 0) is 27.2 Å². The number of allylic oxidation sites excluding steroid dienone is 4. The Kier molecular flexibility index (Phi) is 3.30. The third-order valence-electron chi connectivity index (χ3n) is 2.37. The van der Waals surface area contributed by atoms with E-state index in [1.54, 1.807) is 0 Å². The van der Waals surface area contributed by atoms with Crippen molar-refractivity contribution >= 4 is 5.71 Å². The van der Waals surface area contributed by atoms with Gasteiger partial charge in [0.1, 0.15) is 0 Å². The predicted octanol–water partition coefficient (Wildman–Crippen LogP) is 3.10. The molecular formula is C13H18N2. The highest BCUT2D eigenvalue weighted by Crippen LogP contribution is 2.30. The molecule has 2 nitrogen and oxygen atoms in total. The highest BCUT2D eigenvalue weighted by atomic mass is 14.7.